The molecule has 0 unspecified atom stereocenters. The molecule has 1 saturated heterocycles. The molecule has 8 heteroatoms. The largest absolute Gasteiger partial charge is 0.493 e. The van der Waals surface area contributed by atoms with Gasteiger partial charge >= 0.3 is 0 Å². The van der Waals surface area contributed by atoms with Gasteiger partial charge in [0.05, 0.1) is 38.1 Å². The van der Waals surface area contributed by atoms with Crippen molar-refractivity contribution in [2.24, 2.45) is 10.2 Å². The maximum atomic E-state index is 13.3. The van der Waals surface area contributed by atoms with Crippen LogP contribution in [-0.2, 0) is 11.3 Å². The van der Waals surface area contributed by atoms with Gasteiger partial charge in [-0.05, 0) is 64.4 Å². The zero-order chi connectivity index (χ0) is 26.3. The number of thioether (sulfide) groups is 1. The molecular formula is C30H25N3O4S. The summed E-state index contributed by atoms with van der Waals surface area (Å²) >= 11 is 1.26. The number of hydrogen-bond acceptors (Lipinski definition) is 7. The van der Waals surface area contributed by atoms with Crippen LogP contribution in [0.4, 0.5) is 0 Å². The lowest BCUT2D eigenvalue weighted by atomic mass is 10.0. The van der Waals surface area contributed by atoms with E-state index in [2.05, 4.69) is 22.3 Å². The van der Waals surface area contributed by atoms with Crippen molar-refractivity contribution in [1.82, 2.24) is 4.90 Å². The van der Waals surface area contributed by atoms with Crippen LogP contribution in [-0.4, -0.2) is 36.4 Å². The molecule has 0 saturated carbocycles. The van der Waals surface area contributed by atoms with Crippen LogP contribution in [0.15, 0.2) is 111 Å². The van der Waals surface area contributed by atoms with Crippen molar-refractivity contribution < 1.29 is 18.7 Å². The predicted octanol–water partition coefficient (Wildman–Crippen LogP) is 6.47. The average Bonchev–Trinajstić information content (AvgIpc) is 3.58. The molecular weight excluding hydrogens is 498 g/mol. The van der Waals surface area contributed by atoms with Gasteiger partial charge in [0.2, 0.25) is 0 Å². The number of benzene rings is 3. The second-order valence-electron chi connectivity index (χ2n) is 8.31. The van der Waals surface area contributed by atoms with Crippen LogP contribution in [0.3, 0.4) is 0 Å². The van der Waals surface area contributed by atoms with Gasteiger partial charge in [-0.2, -0.15) is 5.10 Å². The van der Waals surface area contributed by atoms with Gasteiger partial charge in [-0.25, -0.2) is 0 Å². The van der Waals surface area contributed by atoms with Gasteiger partial charge in [-0.3, -0.25) is 9.69 Å². The fourth-order valence-corrected chi connectivity index (χ4v) is 4.85. The first kappa shape index (κ1) is 25.1. The number of amides is 1. The van der Waals surface area contributed by atoms with Crippen LogP contribution in [0.25, 0.3) is 17.2 Å². The number of amidine groups is 1. The Morgan fingerprint density at radius 2 is 1.61 bits per heavy atom. The predicted molar refractivity (Wildman–Crippen MR) is 151 cm³/mol. The molecule has 190 valence electrons. The highest BCUT2D eigenvalue weighted by atomic mass is 32.2. The number of carbonyl (C=O) groups is 1. The van der Waals surface area contributed by atoms with Crippen molar-refractivity contribution in [2.45, 2.75) is 6.54 Å². The Kier molecular flexibility index (Phi) is 7.70. The lowest BCUT2D eigenvalue weighted by molar-refractivity contribution is -0.122. The smallest absolute Gasteiger partial charge is 0.267 e. The number of hydrogen-bond donors (Lipinski definition) is 0. The molecule has 7 nitrogen and oxygen atoms in total. The molecule has 1 aliphatic heterocycles. The Morgan fingerprint density at radius 3 is 2.32 bits per heavy atom. The summed E-state index contributed by atoms with van der Waals surface area (Å²) in [7, 11) is 3.16. The van der Waals surface area contributed by atoms with Crippen LogP contribution in [0, 0.1) is 0 Å². The second-order valence-corrected chi connectivity index (χ2v) is 9.32. The molecule has 0 aliphatic carbocycles. The Hall–Kier alpha value is -4.56. The van der Waals surface area contributed by atoms with Gasteiger partial charge in [0.15, 0.2) is 16.7 Å². The van der Waals surface area contributed by atoms with E-state index < -0.39 is 0 Å². The number of furan rings is 1. The monoisotopic (exact) mass is 523 g/mol. The van der Waals surface area contributed by atoms with E-state index in [1.54, 1.807) is 49.8 Å². The number of carbonyl (C=O) groups excluding carboxylic acids is 1. The minimum absolute atomic E-state index is 0.178. The van der Waals surface area contributed by atoms with Gasteiger partial charge in [0.1, 0.15) is 5.76 Å². The highest BCUT2D eigenvalue weighted by molar-refractivity contribution is 8.18. The summed E-state index contributed by atoms with van der Waals surface area (Å²) in [6.07, 6.45) is 5.06. The molecule has 4 aromatic rings. The van der Waals surface area contributed by atoms with Crippen molar-refractivity contribution >= 4 is 35.1 Å². The molecule has 0 N–H and O–H groups in total. The zero-order valence-electron chi connectivity index (χ0n) is 20.9. The van der Waals surface area contributed by atoms with Gasteiger partial charge < -0.3 is 13.9 Å². The topological polar surface area (TPSA) is 76.6 Å². The van der Waals surface area contributed by atoms with E-state index in [1.165, 1.54) is 11.8 Å². The van der Waals surface area contributed by atoms with Crippen LogP contribution >= 0.6 is 11.8 Å². The Bertz CT molecular complexity index is 1490. The molecule has 1 aromatic heterocycles. The summed E-state index contributed by atoms with van der Waals surface area (Å²) in [5.74, 6) is 1.68. The van der Waals surface area contributed by atoms with Crippen LogP contribution in [0.1, 0.15) is 16.9 Å². The maximum absolute atomic E-state index is 13.3. The van der Waals surface area contributed by atoms with Gasteiger partial charge in [0.25, 0.3) is 5.91 Å². The van der Waals surface area contributed by atoms with E-state index in [0.29, 0.717) is 27.3 Å². The fraction of sp³-hybridized carbons (Fsp3) is 0.100. The fourth-order valence-electron chi connectivity index (χ4n) is 3.91. The summed E-state index contributed by atoms with van der Waals surface area (Å²) in [6, 6.07) is 27.4. The van der Waals surface area contributed by atoms with E-state index in [9.17, 15) is 4.79 Å². The Balaban J connectivity index is 1.39. The molecule has 2 heterocycles. The Labute approximate surface area is 225 Å². The van der Waals surface area contributed by atoms with E-state index in [1.807, 2.05) is 60.7 Å². The average molecular weight is 524 g/mol. The molecule has 5 rings (SSSR count). The summed E-state index contributed by atoms with van der Waals surface area (Å²) in [5.41, 5.74) is 3.99. The number of nitrogens with zero attached hydrogens (tertiary/aromatic N) is 3. The molecule has 1 fully saturated rings. The highest BCUT2D eigenvalue weighted by Crippen LogP contribution is 2.35. The molecule has 3 aromatic carbocycles. The second kappa shape index (κ2) is 11.7. The van der Waals surface area contributed by atoms with E-state index in [-0.39, 0.29) is 12.5 Å². The van der Waals surface area contributed by atoms with Crippen molar-refractivity contribution in [3.05, 3.63) is 113 Å². The van der Waals surface area contributed by atoms with Crippen LogP contribution < -0.4 is 9.47 Å². The minimum Gasteiger partial charge on any atom is -0.493 e. The van der Waals surface area contributed by atoms with E-state index in [0.717, 1.165) is 22.3 Å². The lowest BCUT2D eigenvalue weighted by Crippen LogP contribution is -2.28. The van der Waals surface area contributed by atoms with Gasteiger partial charge in [-0.15, -0.1) is 5.10 Å². The van der Waals surface area contributed by atoms with Crippen molar-refractivity contribution in [2.75, 3.05) is 14.2 Å². The number of ether oxygens (including phenoxy) is 2. The first-order valence-electron chi connectivity index (χ1n) is 11.9. The summed E-state index contributed by atoms with van der Waals surface area (Å²) < 4.78 is 16.2. The minimum atomic E-state index is -0.178. The summed E-state index contributed by atoms with van der Waals surface area (Å²) in [4.78, 5) is 15.4. The van der Waals surface area contributed by atoms with E-state index in [4.69, 9.17) is 13.9 Å². The highest BCUT2D eigenvalue weighted by Gasteiger charge is 2.34. The number of rotatable bonds is 8. The first-order chi connectivity index (χ1) is 18.6. The molecule has 0 radical (unpaired) electrons. The third kappa shape index (κ3) is 5.71. The van der Waals surface area contributed by atoms with Gasteiger partial charge in [0, 0.05) is 0 Å². The third-order valence-electron chi connectivity index (χ3n) is 5.86. The Morgan fingerprint density at radius 1 is 0.868 bits per heavy atom. The maximum Gasteiger partial charge on any atom is 0.267 e. The lowest BCUT2D eigenvalue weighted by Gasteiger charge is -2.12. The van der Waals surface area contributed by atoms with Crippen molar-refractivity contribution in [3.63, 3.8) is 0 Å². The number of methoxy groups -OCH3 is 2. The molecule has 0 atom stereocenters. The zero-order valence-corrected chi connectivity index (χ0v) is 21.7. The standard InChI is InChI=1S/C30H25N3O4S/c1-35-26-15-12-22(17-27(26)36-2)18-28-29(34)33(20-25-9-6-16-37-25)30(38-28)32-31-19-21-10-13-24(14-11-21)23-7-4-3-5-8-23/h3-19H,20H2,1-2H3/b28-18-,31-19+,32-30-. The molecule has 38 heavy (non-hydrogen) atoms. The molecule has 1 aliphatic rings. The molecule has 1 amide bonds. The van der Waals surface area contributed by atoms with E-state index >= 15 is 0 Å². The van der Waals surface area contributed by atoms with Crippen LogP contribution in [0.2, 0.25) is 0 Å². The quantitative estimate of drug-likeness (QED) is 0.150. The molecule has 0 spiro atoms. The van der Waals surface area contributed by atoms with Crippen molar-refractivity contribution in [1.29, 1.82) is 0 Å². The summed E-state index contributed by atoms with van der Waals surface area (Å²) in [6.45, 7) is 0.252. The summed E-state index contributed by atoms with van der Waals surface area (Å²) in [5, 5.41) is 9.14. The molecule has 0 bridgehead atoms. The first-order valence-corrected chi connectivity index (χ1v) is 12.7. The van der Waals surface area contributed by atoms with Crippen molar-refractivity contribution in [3.8, 4) is 22.6 Å². The van der Waals surface area contributed by atoms with Gasteiger partial charge in [-0.1, -0.05) is 60.7 Å². The third-order valence-corrected chi connectivity index (χ3v) is 6.85. The van der Waals surface area contributed by atoms with Crippen LogP contribution in [0.5, 0.6) is 11.5 Å². The SMILES string of the molecule is COc1ccc(/C=C2\S/C(=N\N=C\c3ccc(-c4ccccc4)cc3)N(Cc3ccco3)C2=O)cc1OC. The normalized spacial score (nSPS) is 15.6.